The summed E-state index contributed by atoms with van der Waals surface area (Å²) in [6.07, 6.45) is 0. The van der Waals surface area contributed by atoms with Gasteiger partial charge in [0.2, 0.25) is 0 Å². The SMILES string of the molecule is CCOC(=O)CN(C)CCSc1cc(Cl)ccc1Cl. The smallest absolute Gasteiger partial charge is 0.320 e. The van der Waals surface area contributed by atoms with Crippen molar-refractivity contribution in [3.05, 3.63) is 28.2 Å². The second-order valence-corrected chi connectivity index (χ2v) is 5.95. The highest BCUT2D eigenvalue weighted by molar-refractivity contribution is 7.99. The number of hydrogen-bond donors (Lipinski definition) is 0. The van der Waals surface area contributed by atoms with Crippen LogP contribution in [0.1, 0.15) is 6.92 Å². The highest BCUT2D eigenvalue weighted by Crippen LogP contribution is 2.29. The minimum atomic E-state index is -0.198. The average Bonchev–Trinajstić information content (AvgIpc) is 2.33. The van der Waals surface area contributed by atoms with Crippen LogP contribution in [0.2, 0.25) is 10.0 Å². The van der Waals surface area contributed by atoms with Crippen molar-refractivity contribution in [3.63, 3.8) is 0 Å². The van der Waals surface area contributed by atoms with Crippen molar-refractivity contribution in [2.75, 3.05) is 32.5 Å². The van der Waals surface area contributed by atoms with E-state index < -0.39 is 0 Å². The third-order valence-electron chi connectivity index (χ3n) is 2.33. The molecule has 0 spiro atoms. The first-order valence-electron chi connectivity index (χ1n) is 5.95. The lowest BCUT2D eigenvalue weighted by molar-refractivity contribution is -0.144. The molecule has 0 aliphatic heterocycles. The fraction of sp³-hybridized carbons (Fsp3) is 0.462. The quantitative estimate of drug-likeness (QED) is 0.567. The lowest BCUT2D eigenvalue weighted by atomic mass is 10.4. The molecular weight excluding hydrogens is 305 g/mol. The summed E-state index contributed by atoms with van der Waals surface area (Å²) in [6, 6.07) is 5.40. The molecule has 0 aliphatic rings. The number of ether oxygens (including phenoxy) is 1. The summed E-state index contributed by atoms with van der Waals surface area (Å²) in [6.45, 7) is 3.29. The summed E-state index contributed by atoms with van der Waals surface area (Å²) < 4.78 is 4.89. The molecule has 0 radical (unpaired) electrons. The van der Waals surface area contributed by atoms with Crippen molar-refractivity contribution < 1.29 is 9.53 Å². The zero-order chi connectivity index (χ0) is 14.3. The lowest BCUT2D eigenvalue weighted by Gasteiger charge is -2.15. The monoisotopic (exact) mass is 321 g/mol. The Morgan fingerprint density at radius 1 is 1.42 bits per heavy atom. The van der Waals surface area contributed by atoms with Gasteiger partial charge in [0.25, 0.3) is 0 Å². The van der Waals surface area contributed by atoms with Crippen LogP contribution in [0.3, 0.4) is 0 Å². The largest absolute Gasteiger partial charge is 0.465 e. The van der Waals surface area contributed by atoms with Crippen LogP contribution < -0.4 is 0 Å². The molecule has 0 saturated heterocycles. The van der Waals surface area contributed by atoms with Gasteiger partial charge in [0.15, 0.2) is 0 Å². The molecule has 0 saturated carbocycles. The predicted octanol–water partition coefficient (Wildman–Crippen LogP) is 3.58. The normalized spacial score (nSPS) is 10.8. The summed E-state index contributed by atoms with van der Waals surface area (Å²) in [7, 11) is 1.89. The maximum absolute atomic E-state index is 11.3. The third-order valence-corrected chi connectivity index (χ3v) is 4.04. The van der Waals surface area contributed by atoms with Gasteiger partial charge >= 0.3 is 5.97 Å². The van der Waals surface area contributed by atoms with Gasteiger partial charge in [-0.05, 0) is 32.2 Å². The number of benzene rings is 1. The van der Waals surface area contributed by atoms with Crippen molar-refractivity contribution in [2.24, 2.45) is 0 Å². The van der Waals surface area contributed by atoms with Gasteiger partial charge in [-0.25, -0.2) is 0 Å². The van der Waals surface area contributed by atoms with Gasteiger partial charge < -0.3 is 4.74 Å². The van der Waals surface area contributed by atoms with Crippen molar-refractivity contribution in [1.29, 1.82) is 0 Å². The average molecular weight is 322 g/mol. The first-order chi connectivity index (χ1) is 9.02. The Morgan fingerprint density at radius 3 is 2.84 bits per heavy atom. The molecule has 1 aromatic rings. The molecule has 1 rings (SSSR count). The number of nitrogens with zero attached hydrogens (tertiary/aromatic N) is 1. The predicted molar refractivity (Wildman–Crippen MR) is 81.3 cm³/mol. The number of carbonyl (C=O) groups is 1. The van der Waals surface area contributed by atoms with Crippen molar-refractivity contribution in [2.45, 2.75) is 11.8 Å². The number of hydrogen-bond acceptors (Lipinski definition) is 4. The first-order valence-corrected chi connectivity index (χ1v) is 7.69. The van der Waals surface area contributed by atoms with Gasteiger partial charge in [-0.1, -0.05) is 23.2 Å². The molecular formula is C13H17Cl2NO2S. The van der Waals surface area contributed by atoms with Crippen LogP contribution in [0.4, 0.5) is 0 Å². The Labute approximate surface area is 128 Å². The van der Waals surface area contributed by atoms with Gasteiger partial charge in [-0.15, -0.1) is 11.8 Å². The third kappa shape index (κ3) is 6.52. The Bertz CT molecular complexity index is 429. The van der Waals surface area contributed by atoms with E-state index in [1.165, 1.54) is 0 Å². The van der Waals surface area contributed by atoms with Crippen LogP contribution in [0.15, 0.2) is 23.1 Å². The molecule has 0 heterocycles. The lowest BCUT2D eigenvalue weighted by Crippen LogP contribution is -2.29. The number of likely N-dealkylation sites (N-methyl/N-ethyl adjacent to an activating group) is 1. The summed E-state index contributed by atoms with van der Waals surface area (Å²) in [5, 5.41) is 1.37. The number of thioether (sulfide) groups is 1. The maximum atomic E-state index is 11.3. The van der Waals surface area contributed by atoms with Crippen LogP contribution in [-0.4, -0.2) is 43.4 Å². The van der Waals surface area contributed by atoms with E-state index in [1.807, 2.05) is 18.0 Å². The van der Waals surface area contributed by atoms with Gasteiger partial charge in [-0.3, -0.25) is 9.69 Å². The molecule has 19 heavy (non-hydrogen) atoms. The molecule has 0 atom stereocenters. The Hall–Kier alpha value is -0.420. The van der Waals surface area contributed by atoms with E-state index in [-0.39, 0.29) is 5.97 Å². The second-order valence-electron chi connectivity index (χ2n) is 3.97. The van der Waals surface area contributed by atoms with Crippen LogP contribution >= 0.6 is 35.0 Å². The van der Waals surface area contributed by atoms with E-state index in [2.05, 4.69) is 0 Å². The fourth-order valence-electron chi connectivity index (χ4n) is 1.41. The number of esters is 1. The van der Waals surface area contributed by atoms with E-state index >= 15 is 0 Å². The van der Waals surface area contributed by atoms with E-state index in [1.54, 1.807) is 30.8 Å². The molecule has 0 aromatic heterocycles. The molecule has 1 aromatic carbocycles. The Balaban J connectivity index is 2.33. The van der Waals surface area contributed by atoms with Crippen LogP contribution in [-0.2, 0) is 9.53 Å². The number of carbonyl (C=O) groups excluding carboxylic acids is 1. The molecule has 0 fully saturated rings. The molecule has 6 heteroatoms. The van der Waals surface area contributed by atoms with Gasteiger partial charge in [0.1, 0.15) is 0 Å². The second kappa shape index (κ2) is 8.69. The molecule has 0 N–H and O–H groups in total. The topological polar surface area (TPSA) is 29.5 Å². The Kier molecular flexibility index (Phi) is 7.61. The number of rotatable bonds is 7. The van der Waals surface area contributed by atoms with Gasteiger partial charge in [-0.2, -0.15) is 0 Å². The summed E-state index contributed by atoms with van der Waals surface area (Å²) in [5.74, 6) is 0.631. The zero-order valence-electron chi connectivity index (χ0n) is 11.0. The molecule has 0 aliphatic carbocycles. The minimum absolute atomic E-state index is 0.198. The highest BCUT2D eigenvalue weighted by atomic mass is 35.5. The van der Waals surface area contributed by atoms with Gasteiger partial charge in [0, 0.05) is 22.2 Å². The van der Waals surface area contributed by atoms with Gasteiger partial charge in [0.05, 0.1) is 18.2 Å². The highest BCUT2D eigenvalue weighted by Gasteiger charge is 2.08. The van der Waals surface area contributed by atoms with E-state index in [0.29, 0.717) is 23.2 Å². The first kappa shape index (κ1) is 16.6. The van der Waals surface area contributed by atoms with Crippen LogP contribution in [0.5, 0.6) is 0 Å². The van der Waals surface area contributed by atoms with Crippen molar-refractivity contribution in [3.8, 4) is 0 Å². The molecule has 106 valence electrons. The van der Waals surface area contributed by atoms with Crippen molar-refractivity contribution in [1.82, 2.24) is 4.90 Å². The minimum Gasteiger partial charge on any atom is -0.465 e. The molecule has 0 bridgehead atoms. The summed E-state index contributed by atoms with van der Waals surface area (Å²) >= 11 is 13.6. The van der Waals surface area contributed by atoms with E-state index in [0.717, 1.165) is 17.2 Å². The number of halogens is 2. The van der Waals surface area contributed by atoms with E-state index in [4.69, 9.17) is 27.9 Å². The maximum Gasteiger partial charge on any atom is 0.320 e. The zero-order valence-corrected chi connectivity index (χ0v) is 13.3. The Morgan fingerprint density at radius 2 is 2.16 bits per heavy atom. The molecule has 3 nitrogen and oxygen atoms in total. The van der Waals surface area contributed by atoms with E-state index in [9.17, 15) is 4.79 Å². The molecule has 0 amide bonds. The standard InChI is InChI=1S/C13H17Cl2NO2S/c1-3-18-13(17)9-16(2)6-7-19-12-8-10(14)4-5-11(12)15/h4-5,8H,3,6-7,9H2,1-2H3. The molecule has 0 unspecified atom stereocenters. The van der Waals surface area contributed by atoms with Crippen LogP contribution in [0, 0.1) is 0 Å². The summed E-state index contributed by atoms with van der Waals surface area (Å²) in [5.41, 5.74) is 0. The summed E-state index contributed by atoms with van der Waals surface area (Å²) in [4.78, 5) is 14.2. The fourth-order valence-corrected chi connectivity index (χ4v) is 2.96. The van der Waals surface area contributed by atoms with Crippen LogP contribution in [0.25, 0.3) is 0 Å². The van der Waals surface area contributed by atoms with Crippen molar-refractivity contribution >= 4 is 40.9 Å².